The second kappa shape index (κ2) is 5.61. The third kappa shape index (κ3) is 2.62. The zero-order valence-corrected chi connectivity index (χ0v) is 11.4. The average Bonchev–Trinajstić information content (AvgIpc) is 2.40. The van der Waals surface area contributed by atoms with Crippen molar-refractivity contribution in [2.24, 2.45) is 0 Å². The molecule has 1 aromatic carbocycles. The minimum atomic E-state index is -0.0516. The zero-order chi connectivity index (χ0) is 13.8. The van der Waals surface area contributed by atoms with E-state index in [-0.39, 0.29) is 5.91 Å². The zero-order valence-electron chi connectivity index (χ0n) is 11.4. The third-order valence-corrected chi connectivity index (χ3v) is 3.07. The Bertz CT molecular complexity index is 561. The number of rotatable bonds is 3. The Labute approximate surface area is 113 Å². The van der Waals surface area contributed by atoms with Gasteiger partial charge in [0, 0.05) is 12.2 Å². The lowest BCUT2D eigenvalue weighted by atomic mass is 10.1. The Morgan fingerprint density at radius 2 is 1.68 bits per heavy atom. The van der Waals surface area contributed by atoms with Crippen molar-refractivity contribution in [3.8, 4) is 0 Å². The molecule has 0 aliphatic carbocycles. The number of amides is 1. The molecule has 0 saturated heterocycles. The summed E-state index contributed by atoms with van der Waals surface area (Å²) < 4.78 is 0. The lowest BCUT2D eigenvalue weighted by Gasteiger charge is -2.22. The van der Waals surface area contributed by atoms with Gasteiger partial charge in [0.05, 0.1) is 17.0 Å². The maximum atomic E-state index is 12.7. The molecule has 0 fully saturated rings. The number of carbonyl (C=O) groups is 1. The molecule has 0 bridgehead atoms. The van der Waals surface area contributed by atoms with E-state index in [1.165, 1.54) is 6.33 Å². The van der Waals surface area contributed by atoms with E-state index >= 15 is 0 Å². The van der Waals surface area contributed by atoms with Crippen LogP contribution in [0.3, 0.4) is 0 Å². The topological polar surface area (TPSA) is 46.1 Å². The van der Waals surface area contributed by atoms with Gasteiger partial charge in [0.25, 0.3) is 5.91 Å². The molecule has 4 nitrogen and oxygen atoms in total. The first-order valence-corrected chi connectivity index (χ1v) is 6.30. The second-order valence-corrected chi connectivity index (χ2v) is 4.30. The van der Waals surface area contributed by atoms with Gasteiger partial charge in [-0.1, -0.05) is 18.2 Å². The molecule has 4 heteroatoms. The van der Waals surface area contributed by atoms with Crippen molar-refractivity contribution in [3.05, 3.63) is 53.6 Å². The van der Waals surface area contributed by atoms with Crippen molar-refractivity contribution in [1.29, 1.82) is 0 Å². The van der Waals surface area contributed by atoms with E-state index in [1.54, 1.807) is 4.90 Å². The molecule has 0 unspecified atom stereocenters. The first kappa shape index (κ1) is 13.2. The Hall–Kier alpha value is -2.23. The highest BCUT2D eigenvalue weighted by molar-refractivity contribution is 6.07. The van der Waals surface area contributed by atoms with Gasteiger partial charge in [-0.25, -0.2) is 9.97 Å². The minimum absolute atomic E-state index is 0.0516. The molecule has 98 valence electrons. The highest BCUT2D eigenvalue weighted by Gasteiger charge is 2.20. The van der Waals surface area contributed by atoms with Gasteiger partial charge < -0.3 is 4.90 Å². The van der Waals surface area contributed by atoms with Crippen LogP contribution in [0.5, 0.6) is 0 Å². The lowest BCUT2D eigenvalue weighted by Crippen LogP contribution is -2.32. The number of aromatic nitrogens is 2. The van der Waals surface area contributed by atoms with E-state index in [1.807, 2.05) is 51.1 Å². The molecule has 0 atom stereocenters. The minimum Gasteiger partial charge on any atom is -0.309 e. The summed E-state index contributed by atoms with van der Waals surface area (Å²) in [5, 5.41) is 0. The van der Waals surface area contributed by atoms with E-state index in [4.69, 9.17) is 0 Å². The first-order valence-electron chi connectivity index (χ1n) is 6.30. The monoisotopic (exact) mass is 255 g/mol. The van der Waals surface area contributed by atoms with Gasteiger partial charge in [-0.2, -0.15) is 0 Å². The predicted molar refractivity (Wildman–Crippen MR) is 75.3 cm³/mol. The molecule has 0 radical (unpaired) electrons. The molecular formula is C15H17N3O. The Morgan fingerprint density at radius 1 is 1.11 bits per heavy atom. The second-order valence-electron chi connectivity index (χ2n) is 4.30. The Morgan fingerprint density at radius 3 is 2.21 bits per heavy atom. The number of aryl methyl sites for hydroxylation is 2. The number of anilines is 1. The van der Waals surface area contributed by atoms with Crippen molar-refractivity contribution >= 4 is 11.6 Å². The van der Waals surface area contributed by atoms with Crippen LogP contribution in [0.2, 0.25) is 0 Å². The standard InChI is InChI=1S/C15H17N3O/c1-4-18(13-8-6-5-7-9-13)15(19)14-11(2)16-10-17-12(14)3/h5-10H,4H2,1-3H3. The summed E-state index contributed by atoms with van der Waals surface area (Å²) in [5.74, 6) is -0.0516. The molecular weight excluding hydrogens is 238 g/mol. The van der Waals surface area contributed by atoms with Crippen LogP contribution in [0.25, 0.3) is 0 Å². The molecule has 1 aromatic heterocycles. The number of hydrogen-bond donors (Lipinski definition) is 0. The van der Waals surface area contributed by atoms with Crippen LogP contribution in [0, 0.1) is 13.8 Å². The Balaban J connectivity index is 2.42. The van der Waals surface area contributed by atoms with Gasteiger partial charge in [0.2, 0.25) is 0 Å². The third-order valence-electron chi connectivity index (χ3n) is 3.07. The fraction of sp³-hybridized carbons (Fsp3) is 0.267. The number of hydrogen-bond acceptors (Lipinski definition) is 3. The largest absolute Gasteiger partial charge is 0.309 e. The molecule has 0 spiro atoms. The highest BCUT2D eigenvalue weighted by Crippen LogP contribution is 2.18. The number of benzene rings is 1. The fourth-order valence-corrected chi connectivity index (χ4v) is 2.09. The molecule has 0 N–H and O–H groups in total. The van der Waals surface area contributed by atoms with Crippen LogP contribution in [-0.2, 0) is 0 Å². The maximum Gasteiger partial charge on any atom is 0.261 e. The van der Waals surface area contributed by atoms with Crippen LogP contribution in [0.1, 0.15) is 28.7 Å². The molecule has 2 rings (SSSR count). The molecule has 2 aromatic rings. The van der Waals surface area contributed by atoms with Crippen LogP contribution in [0.4, 0.5) is 5.69 Å². The summed E-state index contributed by atoms with van der Waals surface area (Å²) in [4.78, 5) is 22.6. The number of para-hydroxylation sites is 1. The van der Waals surface area contributed by atoms with Crippen molar-refractivity contribution in [3.63, 3.8) is 0 Å². The SMILES string of the molecule is CCN(C(=O)c1c(C)ncnc1C)c1ccccc1. The van der Waals surface area contributed by atoms with Gasteiger partial charge >= 0.3 is 0 Å². The molecule has 1 heterocycles. The quantitative estimate of drug-likeness (QED) is 0.847. The molecule has 1 amide bonds. The van der Waals surface area contributed by atoms with E-state index < -0.39 is 0 Å². The summed E-state index contributed by atoms with van der Waals surface area (Å²) >= 11 is 0. The summed E-state index contributed by atoms with van der Waals surface area (Å²) in [5.41, 5.74) is 2.91. The van der Waals surface area contributed by atoms with Crippen molar-refractivity contribution in [1.82, 2.24) is 9.97 Å². The summed E-state index contributed by atoms with van der Waals surface area (Å²) in [6.45, 7) is 6.23. The molecule has 19 heavy (non-hydrogen) atoms. The van der Waals surface area contributed by atoms with E-state index in [0.717, 1.165) is 5.69 Å². The first-order chi connectivity index (χ1) is 9.15. The van der Waals surface area contributed by atoms with Gasteiger partial charge in [-0.05, 0) is 32.9 Å². The van der Waals surface area contributed by atoms with Gasteiger partial charge in [-0.3, -0.25) is 4.79 Å². The van der Waals surface area contributed by atoms with E-state index in [2.05, 4.69) is 9.97 Å². The number of carbonyl (C=O) groups excluding carboxylic acids is 1. The highest BCUT2D eigenvalue weighted by atomic mass is 16.2. The fourth-order valence-electron chi connectivity index (χ4n) is 2.09. The molecule has 0 aliphatic rings. The lowest BCUT2D eigenvalue weighted by molar-refractivity contribution is 0.0986. The van der Waals surface area contributed by atoms with E-state index in [0.29, 0.717) is 23.5 Å². The van der Waals surface area contributed by atoms with E-state index in [9.17, 15) is 4.79 Å². The van der Waals surface area contributed by atoms with Gasteiger partial charge in [0.1, 0.15) is 6.33 Å². The summed E-state index contributed by atoms with van der Waals surface area (Å²) in [7, 11) is 0. The van der Waals surface area contributed by atoms with Crippen LogP contribution in [-0.4, -0.2) is 22.4 Å². The molecule has 0 saturated carbocycles. The van der Waals surface area contributed by atoms with Crippen LogP contribution in [0.15, 0.2) is 36.7 Å². The van der Waals surface area contributed by atoms with Gasteiger partial charge in [-0.15, -0.1) is 0 Å². The summed E-state index contributed by atoms with van der Waals surface area (Å²) in [6, 6.07) is 9.63. The normalized spacial score (nSPS) is 10.3. The molecule has 0 aliphatic heterocycles. The van der Waals surface area contributed by atoms with Crippen LogP contribution < -0.4 is 4.90 Å². The Kier molecular flexibility index (Phi) is 3.90. The summed E-state index contributed by atoms with van der Waals surface area (Å²) in [6.07, 6.45) is 1.49. The predicted octanol–water partition coefficient (Wildman–Crippen LogP) is 2.76. The van der Waals surface area contributed by atoms with Gasteiger partial charge in [0.15, 0.2) is 0 Å². The number of nitrogens with zero attached hydrogens (tertiary/aromatic N) is 3. The average molecular weight is 255 g/mol. The van der Waals surface area contributed by atoms with Crippen molar-refractivity contribution in [2.45, 2.75) is 20.8 Å². The smallest absolute Gasteiger partial charge is 0.261 e. The van der Waals surface area contributed by atoms with Crippen LogP contribution >= 0.6 is 0 Å². The van der Waals surface area contributed by atoms with Crippen molar-refractivity contribution < 1.29 is 4.79 Å². The maximum absolute atomic E-state index is 12.7. The van der Waals surface area contributed by atoms with Crippen molar-refractivity contribution in [2.75, 3.05) is 11.4 Å².